The molecular formula is C22H23ClFN3O2. The lowest BCUT2D eigenvalue weighted by molar-refractivity contribution is 0.0287. The summed E-state index contributed by atoms with van der Waals surface area (Å²) in [7, 11) is 0. The maximum Gasteiger partial charge on any atom is 0.251 e. The van der Waals surface area contributed by atoms with Crippen LogP contribution in [0.4, 0.5) is 4.39 Å². The maximum absolute atomic E-state index is 13.6. The number of rotatable bonds is 4. The van der Waals surface area contributed by atoms with Crippen molar-refractivity contribution >= 4 is 29.2 Å². The van der Waals surface area contributed by atoms with Crippen LogP contribution < -0.4 is 10.6 Å². The number of pyridine rings is 1. The molecule has 1 aliphatic heterocycles. The van der Waals surface area contributed by atoms with Gasteiger partial charge in [-0.3, -0.25) is 4.79 Å². The van der Waals surface area contributed by atoms with Crippen molar-refractivity contribution in [3.8, 4) is 11.3 Å². The highest BCUT2D eigenvalue weighted by Gasteiger charge is 2.15. The lowest BCUT2D eigenvalue weighted by Crippen LogP contribution is -2.45. The SMILES string of the molecule is Cc1cc(-c2ccc(C(=O)NCC3CNCCO3)cc2)nc2cc(F)ccc12.Cl. The van der Waals surface area contributed by atoms with Crippen LogP contribution in [0.2, 0.25) is 0 Å². The van der Waals surface area contributed by atoms with E-state index in [9.17, 15) is 9.18 Å². The van der Waals surface area contributed by atoms with E-state index in [2.05, 4.69) is 15.6 Å². The average molecular weight is 416 g/mol. The predicted molar refractivity (Wildman–Crippen MR) is 114 cm³/mol. The molecule has 1 saturated heterocycles. The molecule has 1 fully saturated rings. The number of amides is 1. The summed E-state index contributed by atoms with van der Waals surface area (Å²) in [5, 5.41) is 7.08. The number of nitrogens with zero attached hydrogens (tertiary/aromatic N) is 1. The van der Waals surface area contributed by atoms with Gasteiger partial charge in [-0.25, -0.2) is 9.37 Å². The Balaban J connectivity index is 0.00000240. The molecule has 1 aromatic heterocycles. The molecule has 29 heavy (non-hydrogen) atoms. The predicted octanol–water partition coefficient (Wildman–Crippen LogP) is 3.49. The molecule has 5 nitrogen and oxygen atoms in total. The van der Waals surface area contributed by atoms with E-state index in [1.165, 1.54) is 12.1 Å². The van der Waals surface area contributed by atoms with Gasteiger partial charge in [0.2, 0.25) is 0 Å². The first-order valence-electron chi connectivity index (χ1n) is 9.38. The fraction of sp³-hybridized carbons (Fsp3) is 0.273. The molecule has 0 bridgehead atoms. The van der Waals surface area contributed by atoms with Crippen LogP contribution in [0.25, 0.3) is 22.2 Å². The van der Waals surface area contributed by atoms with E-state index in [4.69, 9.17) is 4.74 Å². The van der Waals surface area contributed by atoms with E-state index in [0.29, 0.717) is 24.2 Å². The smallest absolute Gasteiger partial charge is 0.251 e. The second kappa shape index (κ2) is 9.31. The fourth-order valence-corrected chi connectivity index (χ4v) is 3.38. The standard InChI is InChI=1S/C22H22FN3O2.ClH/c1-14-10-20(26-21-11-17(23)6-7-19(14)21)15-2-4-16(5-3-15)22(27)25-13-18-12-24-8-9-28-18;/h2-7,10-11,18,24H,8-9,12-13H2,1H3,(H,25,27);1H. The van der Waals surface area contributed by atoms with Gasteiger partial charge in [-0.15, -0.1) is 12.4 Å². The van der Waals surface area contributed by atoms with Crippen molar-refractivity contribution < 1.29 is 13.9 Å². The quantitative estimate of drug-likeness (QED) is 0.684. The van der Waals surface area contributed by atoms with Crippen LogP contribution in [0.1, 0.15) is 15.9 Å². The lowest BCUT2D eigenvalue weighted by atomic mass is 10.0. The average Bonchev–Trinajstić information content (AvgIpc) is 2.72. The summed E-state index contributed by atoms with van der Waals surface area (Å²) in [4.78, 5) is 16.9. The highest BCUT2D eigenvalue weighted by atomic mass is 35.5. The molecule has 0 spiro atoms. The molecule has 1 aliphatic rings. The first-order chi connectivity index (χ1) is 13.6. The van der Waals surface area contributed by atoms with E-state index < -0.39 is 0 Å². The largest absolute Gasteiger partial charge is 0.374 e. The molecule has 0 aliphatic carbocycles. The topological polar surface area (TPSA) is 63.2 Å². The molecule has 2 aromatic carbocycles. The number of morpholine rings is 1. The summed E-state index contributed by atoms with van der Waals surface area (Å²) in [6.07, 6.45) is 0.00198. The highest BCUT2D eigenvalue weighted by molar-refractivity contribution is 5.94. The van der Waals surface area contributed by atoms with Gasteiger partial charge in [0.15, 0.2) is 0 Å². The number of hydrogen-bond donors (Lipinski definition) is 2. The van der Waals surface area contributed by atoms with E-state index >= 15 is 0 Å². The number of carbonyl (C=O) groups excluding carboxylic acids is 1. The van der Waals surface area contributed by atoms with Crippen molar-refractivity contribution in [3.05, 3.63) is 65.5 Å². The number of fused-ring (bicyclic) bond motifs is 1. The van der Waals surface area contributed by atoms with Crippen LogP contribution in [-0.4, -0.2) is 43.2 Å². The number of carbonyl (C=O) groups is 1. The summed E-state index contributed by atoms with van der Waals surface area (Å²) < 4.78 is 19.1. The number of aryl methyl sites for hydroxylation is 1. The molecule has 0 saturated carbocycles. The van der Waals surface area contributed by atoms with Gasteiger partial charge < -0.3 is 15.4 Å². The summed E-state index contributed by atoms with van der Waals surface area (Å²) in [5.74, 6) is -0.439. The Morgan fingerprint density at radius 1 is 1.24 bits per heavy atom. The van der Waals surface area contributed by atoms with Crippen molar-refractivity contribution in [1.29, 1.82) is 0 Å². The van der Waals surface area contributed by atoms with Gasteiger partial charge >= 0.3 is 0 Å². The van der Waals surface area contributed by atoms with Crippen molar-refractivity contribution in [2.45, 2.75) is 13.0 Å². The molecule has 1 atom stereocenters. The molecule has 4 rings (SSSR count). The molecule has 3 aromatic rings. The monoisotopic (exact) mass is 415 g/mol. The normalized spacial score (nSPS) is 16.3. The van der Waals surface area contributed by atoms with Crippen LogP contribution in [-0.2, 0) is 4.74 Å². The Morgan fingerprint density at radius 3 is 2.76 bits per heavy atom. The van der Waals surface area contributed by atoms with E-state index in [1.54, 1.807) is 18.2 Å². The van der Waals surface area contributed by atoms with Gasteiger partial charge in [-0.2, -0.15) is 0 Å². The molecule has 1 amide bonds. The lowest BCUT2D eigenvalue weighted by Gasteiger charge is -2.23. The highest BCUT2D eigenvalue weighted by Crippen LogP contribution is 2.25. The number of aromatic nitrogens is 1. The number of hydrogen-bond acceptors (Lipinski definition) is 4. The third-order valence-electron chi connectivity index (χ3n) is 4.92. The zero-order valence-electron chi connectivity index (χ0n) is 16.1. The summed E-state index contributed by atoms with van der Waals surface area (Å²) >= 11 is 0. The Morgan fingerprint density at radius 2 is 2.03 bits per heavy atom. The minimum absolute atomic E-state index is 0. The van der Waals surface area contributed by atoms with Crippen LogP contribution in [0.3, 0.4) is 0 Å². The number of benzene rings is 2. The molecule has 0 radical (unpaired) electrons. The molecular weight excluding hydrogens is 393 g/mol. The zero-order chi connectivity index (χ0) is 19.5. The summed E-state index contributed by atoms with van der Waals surface area (Å²) in [5.41, 5.74) is 3.87. The van der Waals surface area contributed by atoms with Gasteiger partial charge in [0, 0.05) is 42.2 Å². The second-order valence-electron chi connectivity index (χ2n) is 6.97. The minimum Gasteiger partial charge on any atom is -0.374 e. The van der Waals surface area contributed by atoms with Crippen molar-refractivity contribution in [2.75, 3.05) is 26.2 Å². The number of nitrogens with one attached hydrogen (secondary N) is 2. The minimum atomic E-state index is -0.305. The van der Waals surface area contributed by atoms with E-state index in [-0.39, 0.29) is 30.2 Å². The van der Waals surface area contributed by atoms with Crippen LogP contribution in [0.15, 0.2) is 48.5 Å². The Kier molecular flexibility index (Phi) is 6.79. The van der Waals surface area contributed by atoms with Crippen molar-refractivity contribution in [1.82, 2.24) is 15.6 Å². The molecule has 1 unspecified atom stereocenters. The first kappa shape index (κ1) is 21.2. The van der Waals surface area contributed by atoms with Gasteiger partial charge in [0.05, 0.1) is 23.9 Å². The zero-order valence-corrected chi connectivity index (χ0v) is 16.9. The second-order valence-corrected chi connectivity index (χ2v) is 6.97. The van der Waals surface area contributed by atoms with Gasteiger partial charge in [-0.05, 0) is 42.8 Å². The molecule has 2 heterocycles. The van der Waals surface area contributed by atoms with Crippen LogP contribution in [0.5, 0.6) is 0 Å². The molecule has 7 heteroatoms. The number of ether oxygens (including phenoxy) is 1. The van der Waals surface area contributed by atoms with E-state index in [0.717, 1.165) is 35.3 Å². The summed E-state index contributed by atoms with van der Waals surface area (Å²) in [6.45, 7) is 4.71. The third-order valence-corrected chi connectivity index (χ3v) is 4.92. The van der Waals surface area contributed by atoms with E-state index in [1.807, 2.05) is 25.1 Å². The summed E-state index contributed by atoms with van der Waals surface area (Å²) in [6, 6.07) is 13.9. The Hall–Kier alpha value is -2.54. The first-order valence-corrected chi connectivity index (χ1v) is 9.38. The van der Waals surface area contributed by atoms with Crippen molar-refractivity contribution in [3.63, 3.8) is 0 Å². The Labute approximate surface area is 175 Å². The van der Waals surface area contributed by atoms with Crippen LogP contribution in [0, 0.1) is 12.7 Å². The van der Waals surface area contributed by atoms with Crippen LogP contribution >= 0.6 is 12.4 Å². The third kappa shape index (κ3) is 4.90. The van der Waals surface area contributed by atoms with Gasteiger partial charge in [-0.1, -0.05) is 12.1 Å². The van der Waals surface area contributed by atoms with Gasteiger partial charge in [0.1, 0.15) is 5.82 Å². The number of halogens is 2. The molecule has 152 valence electrons. The van der Waals surface area contributed by atoms with Gasteiger partial charge in [0.25, 0.3) is 5.91 Å². The molecule has 2 N–H and O–H groups in total. The maximum atomic E-state index is 13.6. The fourth-order valence-electron chi connectivity index (χ4n) is 3.38. The Bertz CT molecular complexity index is 1000. The van der Waals surface area contributed by atoms with Crippen molar-refractivity contribution in [2.24, 2.45) is 0 Å².